The molecule has 0 aromatic carbocycles. The molecule has 94 valence electrons. The molecule has 2 fully saturated rings. The van der Waals surface area contributed by atoms with Crippen molar-refractivity contribution in [2.75, 3.05) is 0 Å². The molecule has 0 aliphatic heterocycles. The highest BCUT2D eigenvalue weighted by molar-refractivity contribution is 6.21. The standard InChI is InChI=1S/C14H25ClO/c1-13(2)7-5-10(6-8-13)16-12-9-11(15)14(12,3)4/h10-12H,5-9H2,1-4H3. The molecule has 0 heterocycles. The highest BCUT2D eigenvalue weighted by Gasteiger charge is 2.49. The van der Waals surface area contributed by atoms with E-state index in [0.29, 0.717) is 23.0 Å². The van der Waals surface area contributed by atoms with Crippen LogP contribution in [0.5, 0.6) is 0 Å². The summed E-state index contributed by atoms with van der Waals surface area (Å²) in [5.41, 5.74) is 0.707. The molecule has 0 spiro atoms. The maximum atomic E-state index is 6.22. The Morgan fingerprint density at radius 1 is 1.06 bits per heavy atom. The summed E-state index contributed by atoms with van der Waals surface area (Å²) in [4.78, 5) is 0. The molecule has 0 saturated heterocycles. The minimum atomic E-state index is 0.175. The van der Waals surface area contributed by atoms with Gasteiger partial charge < -0.3 is 4.74 Å². The molecule has 0 bridgehead atoms. The molecule has 0 N–H and O–H groups in total. The fourth-order valence-electron chi connectivity index (χ4n) is 2.81. The quantitative estimate of drug-likeness (QED) is 0.655. The topological polar surface area (TPSA) is 9.23 Å². The van der Waals surface area contributed by atoms with Crippen LogP contribution in [0.1, 0.15) is 59.8 Å². The lowest BCUT2D eigenvalue weighted by molar-refractivity contribution is -0.138. The predicted molar refractivity (Wildman–Crippen MR) is 68.9 cm³/mol. The Kier molecular flexibility index (Phi) is 3.31. The second kappa shape index (κ2) is 4.17. The van der Waals surface area contributed by atoms with Crippen molar-refractivity contribution in [3.05, 3.63) is 0 Å². The van der Waals surface area contributed by atoms with Gasteiger partial charge >= 0.3 is 0 Å². The van der Waals surface area contributed by atoms with Gasteiger partial charge in [0.1, 0.15) is 0 Å². The van der Waals surface area contributed by atoms with E-state index in [1.54, 1.807) is 0 Å². The van der Waals surface area contributed by atoms with E-state index in [0.717, 1.165) is 6.42 Å². The highest BCUT2D eigenvalue weighted by Crippen LogP contribution is 2.48. The van der Waals surface area contributed by atoms with Crippen LogP contribution in [-0.4, -0.2) is 17.6 Å². The SMILES string of the molecule is CC1(C)CCC(OC2CC(Cl)C2(C)C)CC1. The Morgan fingerprint density at radius 2 is 1.62 bits per heavy atom. The molecule has 0 radical (unpaired) electrons. The summed E-state index contributed by atoms with van der Waals surface area (Å²) in [5, 5.41) is 0.303. The Bertz CT molecular complexity index is 249. The number of hydrogen-bond acceptors (Lipinski definition) is 1. The van der Waals surface area contributed by atoms with E-state index in [2.05, 4.69) is 27.7 Å². The molecular weight excluding hydrogens is 220 g/mol. The van der Waals surface area contributed by atoms with Crippen LogP contribution in [0, 0.1) is 10.8 Å². The van der Waals surface area contributed by atoms with Crippen LogP contribution < -0.4 is 0 Å². The summed E-state index contributed by atoms with van der Waals surface area (Å²) in [6, 6.07) is 0. The molecular formula is C14H25ClO. The van der Waals surface area contributed by atoms with Gasteiger partial charge in [-0.1, -0.05) is 27.7 Å². The summed E-state index contributed by atoms with van der Waals surface area (Å²) < 4.78 is 6.22. The second-order valence-corrected chi connectivity index (χ2v) is 7.54. The van der Waals surface area contributed by atoms with E-state index in [-0.39, 0.29) is 5.41 Å². The van der Waals surface area contributed by atoms with Crippen LogP contribution in [0.2, 0.25) is 0 Å². The maximum absolute atomic E-state index is 6.22. The molecule has 0 aromatic heterocycles. The Balaban J connectivity index is 1.80. The zero-order valence-electron chi connectivity index (χ0n) is 11.1. The molecule has 1 nitrogen and oxygen atoms in total. The number of ether oxygens (including phenoxy) is 1. The van der Waals surface area contributed by atoms with E-state index >= 15 is 0 Å². The van der Waals surface area contributed by atoms with Gasteiger partial charge in [-0.15, -0.1) is 11.6 Å². The van der Waals surface area contributed by atoms with Gasteiger partial charge in [-0.25, -0.2) is 0 Å². The number of hydrogen-bond donors (Lipinski definition) is 0. The number of alkyl halides is 1. The minimum Gasteiger partial charge on any atom is -0.374 e. The molecule has 2 rings (SSSR count). The fourth-order valence-corrected chi connectivity index (χ4v) is 3.11. The lowest BCUT2D eigenvalue weighted by Gasteiger charge is -2.50. The monoisotopic (exact) mass is 244 g/mol. The van der Waals surface area contributed by atoms with E-state index in [1.807, 2.05) is 0 Å². The van der Waals surface area contributed by atoms with Crippen molar-refractivity contribution in [2.24, 2.45) is 10.8 Å². The van der Waals surface area contributed by atoms with Crippen LogP contribution in [-0.2, 0) is 4.74 Å². The van der Waals surface area contributed by atoms with Crippen LogP contribution >= 0.6 is 11.6 Å². The largest absolute Gasteiger partial charge is 0.374 e. The molecule has 0 aromatic rings. The highest BCUT2D eigenvalue weighted by atomic mass is 35.5. The van der Waals surface area contributed by atoms with Gasteiger partial charge in [0.2, 0.25) is 0 Å². The lowest BCUT2D eigenvalue weighted by atomic mass is 9.68. The van der Waals surface area contributed by atoms with E-state index in [1.165, 1.54) is 25.7 Å². The van der Waals surface area contributed by atoms with Crippen molar-refractivity contribution >= 4 is 11.6 Å². The van der Waals surface area contributed by atoms with Crippen molar-refractivity contribution in [1.82, 2.24) is 0 Å². The molecule has 2 unspecified atom stereocenters. The van der Waals surface area contributed by atoms with Crippen molar-refractivity contribution in [1.29, 1.82) is 0 Å². The molecule has 2 saturated carbocycles. The summed E-state index contributed by atoms with van der Waals surface area (Å²) in [7, 11) is 0. The van der Waals surface area contributed by atoms with Crippen molar-refractivity contribution in [2.45, 2.75) is 77.4 Å². The third kappa shape index (κ3) is 2.41. The zero-order valence-corrected chi connectivity index (χ0v) is 11.8. The first-order valence-electron chi connectivity index (χ1n) is 6.61. The van der Waals surface area contributed by atoms with Crippen molar-refractivity contribution in [3.8, 4) is 0 Å². The van der Waals surface area contributed by atoms with Gasteiger partial charge in [-0.3, -0.25) is 0 Å². The second-order valence-electron chi connectivity index (χ2n) is 7.01. The Hall–Kier alpha value is 0.250. The number of halogens is 1. The number of rotatable bonds is 2. The normalized spacial score (nSPS) is 38.1. The summed E-state index contributed by atoms with van der Waals surface area (Å²) in [6.45, 7) is 9.19. The molecule has 2 atom stereocenters. The van der Waals surface area contributed by atoms with E-state index in [4.69, 9.17) is 16.3 Å². The van der Waals surface area contributed by atoms with Gasteiger partial charge in [0.05, 0.1) is 12.2 Å². The smallest absolute Gasteiger partial charge is 0.0658 e. The van der Waals surface area contributed by atoms with Crippen molar-refractivity contribution in [3.63, 3.8) is 0 Å². The Labute approximate surface area is 105 Å². The van der Waals surface area contributed by atoms with Crippen LogP contribution in [0.3, 0.4) is 0 Å². The first-order chi connectivity index (χ1) is 7.31. The molecule has 2 aliphatic rings. The first kappa shape index (κ1) is 12.7. The average Bonchev–Trinajstić information content (AvgIpc) is 2.20. The van der Waals surface area contributed by atoms with Crippen LogP contribution in [0.4, 0.5) is 0 Å². The van der Waals surface area contributed by atoms with E-state index < -0.39 is 0 Å². The third-order valence-electron chi connectivity index (χ3n) is 4.70. The fraction of sp³-hybridized carbons (Fsp3) is 1.00. The summed E-state index contributed by atoms with van der Waals surface area (Å²) >= 11 is 6.22. The lowest BCUT2D eigenvalue weighted by Crippen LogP contribution is -2.53. The third-order valence-corrected chi connectivity index (χ3v) is 5.44. The minimum absolute atomic E-state index is 0.175. The summed E-state index contributed by atoms with van der Waals surface area (Å²) in [5.74, 6) is 0. The zero-order chi connectivity index (χ0) is 12.0. The van der Waals surface area contributed by atoms with Gasteiger partial charge in [-0.05, 0) is 37.5 Å². The Morgan fingerprint density at radius 3 is 2.06 bits per heavy atom. The maximum Gasteiger partial charge on any atom is 0.0658 e. The average molecular weight is 245 g/mol. The first-order valence-corrected chi connectivity index (χ1v) is 7.04. The molecule has 16 heavy (non-hydrogen) atoms. The van der Waals surface area contributed by atoms with Gasteiger partial charge in [0.25, 0.3) is 0 Å². The van der Waals surface area contributed by atoms with Crippen LogP contribution in [0.15, 0.2) is 0 Å². The van der Waals surface area contributed by atoms with Crippen molar-refractivity contribution < 1.29 is 4.74 Å². The van der Waals surface area contributed by atoms with Gasteiger partial charge in [-0.2, -0.15) is 0 Å². The summed E-state index contributed by atoms with van der Waals surface area (Å²) in [6.07, 6.45) is 6.97. The van der Waals surface area contributed by atoms with Gasteiger partial charge in [0.15, 0.2) is 0 Å². The van der Waals surface area contributed by atoms with E-state index in [9.17, 15) is 0 Å². The van der Waals surface area contributed by atoms with Gasteiger partial charge in [0, 0.05) is 10.8 Å². The molecule has 2 aliphatic carbocycles. The molecule has 2 heteroatoms. The molecule has 0 amide bonds. The predicted octanol–water partition coefficient (Wildman–Crippen LogP) is 4.38. The van der Waals surface area contributed by atoms with Crippen LogP contribution in [0.25, 0.3) is 0 Å².